The fraction of sp³-hybridized carbons (Fsp3) is 0.273. The fourth-order valence-corrected chi connectivity index (χ4v) is 1.42. The van der Waals surface area contributed by atoms with Crippen LogP contribution in [0.25, 0.3) is 0 Å². The lowest BCUT2D eigenvalue weighted by Gasteiger charge is -2.14. The molecule has 1 aromatic rings. The van der Waals surface area contributed by atoms with E-state index in [1.807, 2.05) is 0 Å². The number of imide groups is 1. The van der Waals surface area contributed by atoms with Crippen LogP contribution in [0.4, 0.5) is 4.79 Å². The summed E-state index contributed by atoms with van der Waals surface area (Å²) >= 11 is 11.0. The summed E-state index contributed by atoms with van der Waals surface area (Å²) in [5.41, 5.74) is 0.892. The van der Waals surface area contributed by atoms with Gasteiger partial charge in [-0.3, -0.25) is 10.1 Å². The molecule has 3 amide bonds. The Kier molecular flexibility index (Phi) is 5.25. The summed E-state index contributed by atoms with van der Waals surface area (Å²) in [6.07, 6.45) is 0. The molecule has 0 aliphatic rings. The van der Waals surface area contributed by atoms with Crippen molar-refractivity contribution in [3.8, 4) is 0 Å². The van der Waals surface area contributed by atoms with Crippen LogP contribution < -0.4 is 10.6 Å². The lowest BCUT2D eigenvalue weighted by molar-refractivity contribution is -0.117. The Balaban J connectivity index is 2.54. The van der Waals surface area contributed by atoms with Crippen molar-refractivity contribution in [1.29, 1.82) is 0 Å². The lowest BCUT2D eigenvalue weighted by atomic mass is 10.1. The summed E-state index contributed by atoms with van der Waals surface area (Å²) in [6.45, 7) is 1.80. The molecule has 1 unspecified atom stereocenters. The van der Waals surface area contributed by atoms with Crippen LogP contribution in [0.15, 0.2) is 24.3 Å². The van der Waals surface area contributed by atoms with E-state index in [-0.39, 0.29) is 11.9 Å². The molecule has 1 aromatic carbocycles. The molecule has 0 saturated carbocycles. The van der Waals surface area contributed by atoms with Gasteiger partial charge in [0.1, 0.15) is 5.88 Å². The molecule has 0 aliphatic heterocycles. The minimum atomic E-state index is -0.571. The Bertz CT molecular complexity index is 406. The van der Waals surface area contributed by atoms with Crippen molar-refractivity contribution in [2.75, 3.05) is 5.88 Å². The Morgan fingerprint density at radius 2 is 1.88 bits per heavy atom. The van der Waals surface area contributed by atoms with Gasteiger partial charge < -0.3 is 5.32 Å². The molecule has 1 rings (SSSR count). The normalized spacial score (nSPS) is 11.7. The van der Waals surface area contributed by atoms with Crippen LogP contribution >= 0.6 is 23.2 Å². The van der Waals surface area contributed by atoms with Gasteiger partial charge in [-0.1, -0.05) is 23.7 Å². The number of urea groups is 1. The van der Waals surface area contributed by atoms with Gasteiger partial charge in [0.2, 0.25) is 5.91 Å². The lowest BCUT2D eigenvalue weighted by Crippen LogP contribution is -2.41. The largest absolute Gasteiger partial charge is 0.331 e. The number of halogens is 2. The molecule has 0 fully saturated rings. The van der Waals surface area contributed by atoms with E-state index in [0.717, 1.165) is 5.56 Å². The zero-order valence-corrected chi connectivity index (χ0v) is 10.7. The third-order valence-corrected chi connectivity index (χ3v) is 2.59. The summed E-state index contributed by atoms with van der Waals surface area (Å²) < 4.78 is 0. The topological polar surface area (TPSA) is 58.2 Å². The minimum Gasteiger partial charge on any atom is -0.331 e. The van der Waals surface area contributed by atoms with Crippen molar-refractivity contribution in [3.63, 3.8) is 0 Å². The van der Waals surface area contributed by atoms with Crippen LogP contribution in [0, 0.1) is 0 Å². The Labute approximate surface area is 109 Å². The maximum absolute atomic E-state index is 11.3. The van der Waals surface area contributed by atoms with Gasteiger partial charge in [-0.15, -0.1) is 11.6 Å². The summed E-state index contributed by atoms with van der Waals surface area (Å²) in [7, 11) is 0. The summed E-state index contributed by atoms with van der Waals surface area (Å²) in [5, 5.41) is 5.33. The average molecular weight is 275 g/mol. The molecule has 92 valence electrons. The third kappa shape index (κ3) is 4.63. The van der Waals surface area contributed by atoms with Crippen LogP contribution in [-0.4, -0.2) is 17.8 Å². The first kappa shape index (κ1) is 13.8. The van der Waals surface area contributed by atoms with E-state index in [4.69, 9.17) is 23.2 Å². The quantitative estimate of drug-likeness (QED) is 0.832. The number of hydrogen-bond donors (Lipinski definition) is 2. The van der Waals surface area contributed by atoms with Crippen molar-refractivity contribution >= 4 is 35.1 Å². The third-order valence-electron chi connectivity index (χ3n) is 2.09. The van der Waals surface area contributed by atoms with E-state index < -0.39 is 11.9 Å². The standard InChI is InChI=1S/C11H12Cl2N2O2/c1-7(8-2-4-9(13)5-3-8)14-11(17)15-10(16)6-12/h2-5,7H,6H2,1H3,(H2,14,15,16,17). The number of carbonyl (C=O) groups is 2. The van der Waals surface area contributed by atoms with Crippen molar-refractivity contribution in [1.82, 2.24) is 10.6 Å². The number of nitrogens with one attached hydrogen (secondary N) is 2. The second-order valence-corrected chi connectivity index (χ2v) is 4.13. The van der Waals surface area contributed by atoms with Gasteiger partial charge in [-0.25, -0.2) is 4.79 Å². The number of amides is 3. The number of benzene rings is 1. The zero-order valence-electron chi connectivity index (χ0n) is 9.17. The van der Waals surface area contributed by atoms with E-state index in [9.17, 15) is 9.59 Å². The molecule has 0 aromatic heterocycles. The smallest absolute Gasteiger partial charge is 0.321 e. The van der Waals surface area contributed by atoms with Crippen molar-refractivity contribution in [3.05, 3.63) is 34.9 Å². The van der Waals surface area contributed by atoms with Gasteiger partial charge in [0, 0.05) is 5.02 Å². The second-order valence-electron chi connectivity index (χ2n) is 3.43. The number of rotatable bonds is 3. The monoisotopic (exact) mass is 274 g/mol. The Morgan fingerprint density at radius 1 is 1.29 bits per heavy atom. The van der Waals surface area contributed by atoms with Crippen molar-refractivity contribution < 1.29 is 9.59 Å². The Hall–Kier alpha value is -1.26. The highest BCUT2D eigenvalue weighted by atomic mass is 35.5. The van der Waals surface area contributed by atoms with Gasteiger partial charge in [-0.05, 0) is 24.6 Å². The molecule has 1 atom stereocenters. The molecule has 0 aliphatic carbocycles. The molecule has 0 spiro atoms. The van der Waals surface area contributed by atoms with Gasteiger partial charge in [-0.2, -0.15) is 0 Å². The highest BCUT2D eigenvalue weighted by Crippen LogP contribution is 2.15. The maximum Gasteiger partial charge on any atom is 0.321 e. The molecule has 0 radical (unpaired) electrons. The van der Waals surface area contributed by atoms with Crippen molar-refractivity contribution in [2.45, 2.75) is 13.0 Å². The summed E-state index contributed by atoms with van der Waals surface area (Å²) in [6, 6.07) is 6.27. The molecule has 0 saturated heterocycles. The predicted octanol–water partition coefficient (Wildman–Crippen LogP) is 2.47. The number of alkyl halides is 1. The van der Waals surface area contributed by atoms with Crippen LogP contribution in [0.5, 0.6) is 0 Å². The zero-order chi connectivity index (χ0) is 12.8. The Morgan fingerprint density at radius 3 is 2.41 bits per heavy atom. The summed E-state index contributed by atoms with van der Waals surface area (Å²) in [4.78, 5) is 22.2. The van der Waals surface area contributed by atoms with Gasteiger partial charge >= 0.3 is 6.03 Å². The highest BCUT2D eigenvalue weighted by molar-refractivity contribution is 6.30. The fourth-order valence-electron chi connectivity index (χ4n) is 1.23. The molecule has 0 heterocycles. The minimum absolute atomic E-state index is 0.226. The molecule has 0 bridgehead atoms. The van der Waals surface area contributed by atoms with Crippen LogP contribution in [0.3, 0.4) is 0 Å². The molecular formula is C11H12Cl2N2O2. The molecular weight excluding hydrogens is 263 g/mol. The van der Waals surface area contributed by atoms with E-state index in [1.165, 1.54) is 0 Å². The van der Waals surface area contributed by atoms with E-state index in [0.29, 0.717) is 5.02 Å². The number of carbonyl (C=O) groups excluding carboxylic acids is 2. The second kappa shape index (κ2) is 6.47. The average Bonchev–Trinajstić information content (AvgIpc) is 2.29. The van der Waals surface area contributed by atoms with Crippen LogP contribution in [0.2, 0.25) is 5.02 Å². The van der Waals surface area contributed by atoms with Gasteiger partial charge in [0.15, 0.2) is 0 Å². The summed E-state index contributed by atoms with van der Waals surface area (Å²) in [5.74, 6) is -0.782. The SMILES string of the molecule is CC(NC(=O)NC(=O)CCl)c1ccc(Cl)cc1. The first-order valence-electron chi connectivity index (χ1n) is 4.94. The molecule has 6 heteroatoms. The first-order valence-corrected chi connectivity index (χ1v) is 5.86. The molecule has 2 N–H and O–H groups in total. The highest BCUT2D eigenvalue weighted by Gasteiger charge is 2.11. The van der Waals surface area contributed by atoms with Crippen LogP contribution in [0.1, 0.15) is 18.5 Å². The van der Waals surface area contributed by atoms with Gasteiger partial charge in [0.25, 0.3) is 0 Å². The van der Waals surface area contributed by atoms with Crippen molar-refractivity contribution in [2.24, 2.45) is 0 Å². The first-order chi connectivity index (χ1) is 8.02. The maximum atomic E-state index is 11.3. The van der Waals surface area contributed by atoms with E-state index >= 15 is 0 Å². The van der Waals surface area contributed by atoms with E-state index in [1.54, 1.807) is 31.2 Å². The van der Waals surface area contributed by atoms with E-state index in [2.05, 4.69) is 10.6 Å². The molecule has 17 heavy (non-hydrogen) atoms. The number of hydrogen-bond acceptors (Lipinski definition) is 2. The van der Waals surface area contributed by atoms with Crippen LogP contribution in [-0.2, 0) is 4.79 Å². The van der Waals surface area contributed by atoms with Gasteiger partial charge in [0.05, 0.1) is 6.04 Å². The predicted molar refractivity (Wildman–Crippen MR) is 67.3 cm³/mol. The molecule has 4 nitrogen and oxygen atoms in total.